The van der Waals surface area contributed by atoms with Crippen LogP contribution >= 0.6 is 11.6 Å². The molecule has 0 fully saturated rings. The number of pyridine rings is 1. The number of carbonyl (C=O) groups excluding carboxylic acids is 4. The summed E-state index contributed by atoms with van der Waals surface area (Å²) in [4.78, 5) is 53.9. The number of ether oxygens (including phenoxy) is 1. The Morgan fingerprint density at radius 3 is 2.33 bits per heavy atom. The third-order valence-corrected chi connectivity index (χ3v) is 5.82. The van der Waals surface area contributed by atoms with Gasteiger partial charge in [0.05, 0.1) is 34.1 Å². The summed E-state index contributed by atoms with van der Waals surface area (Å²) < 4.78 is 43.0. The number of para-hydroxylation sites is 1. The summed E-state index contributed by atoms with van der Waals surface area (Å²) in [6.45, 7) is 3.22. The fourth-order valence-corrected chi connectivity index (χ4v) is 3.74. The number of aryl methyl sites for hydroxylation is 1. The maximum atomic E-state index is 13.5. The lowest BCUT2D eigenvalue weighted by atomic mass is 10.1. The number of urea groups is 1. The van der Waals surface area contributed by atoms with Gasteiger partial charge in [0.15, 0.2) is 5.75 Å². The first kappa shape index (κ1) is 32.7. The van der Waals surface area contributed by atoms with Crippen molar-refractivity contribution < 1.29 is 37.1 Å². The summed E-state index contributed by atoms with van der Waals surface area (Å²) in [6, 6.07) is 11.6. The first-order valence-corrected chi connectivity index (χ1v) is 13.3. The van der Waals surface area contributed by atoms with Crippen molar-refractivity contribution in [2.24, 2.45) is 0 Å². The summed E-state index contributed by atoms with van der Waals surface area (Å²) >= 11 is 5.85. The maximum Gasteiger partial charge on any atom is 0.471 e. The highest BCUT2D eigenvalue weighted by atomic mass is 35.5. The number of benzene rings is 2. The predicted molar refractivity (Wildman–Crippen MR) is 155 cm³/mol. The summed E-state index contributed by atoms with van der Waals surface area (Å²) in [5.41, 5.74) is 1.09. The molecule has 0 aliphatic rings. The molecule has 0 aliphatic heterocycles. The molecule has 15 heteroatoms. The van der Waals surface area contributed by atoms with Gasteiger partial charge >= 0.3 is 18.1 Å². The molecule has 3 rings (SSSR count). The van der Waals surface area contributed by atoms with Crippen LogP contribution in [0, 0.1) is 6.92 Å². The number of nitrogens with one attached hydrogen (secondary N) is 5. The molecule has 5 N–H and O–H groups in total. The van der Waals surface area contributed by atoms with Crippen LogP contribution in [0.2, 0.25) is 5.02 Å². The molecule has 1 heterocycles. The molecule has 0 atom stereocenters. The fraction of sp³-hybridized carbons (Fsp3) is 0.250. The van der Waals surface area contributed by atoms with E-state index < -0.39 is 29.9 Å². The van der Waals surface area contributed by atoms with Crippen molar-refractivity contribution in [3.63, 3.8) is 0 Å². The van der Waals surface area contributed by atoms with Gasteiger partial charge in [-0.3, -0.25) is 14.4 Å². The number of rotatable bonds is 11. The van der Waals surface area contributed by atoms with Crippen LogP contribution in [0.3, 0.4) is 0 Å². The van der Waals surface area contributed by atoms with E-state index in [1.54, 1.807) is 37.4 Å². The Hall–Kier alpha value is -4.85. The molecule has 11 nitrogen and oxygen atoms in total. The lowest BCUT2D eigenvalue weighted by molar-refractivity contribution is -0.173. The smallest absolute Gasteiger partial charge is 0.471 e. The number of hydrogen-bond acceptors (Lipinski definition) is 6. The van der Waals surface area contributed by atoms with Crippen molar-refractivity contribution >= 4 is 52.5 Å². The van der Waals surface area contributed by atoms with Crippen LogP contribution in [0.4, 0.5) is 35.2 Å². The third kappa shape index (κ3) is 9.60. The molecule has 0 aliphatic carbocycles. The number of hydrogen-bond donors (Lipinski definition) is 5. The van der Waals surface area contributed by atoms with E-state index in [0.29, 0.717) is 11.6 Å². The van der Waals surface area contributed by atoms with Crippen LogP contribution in [0.5, 0.6) is 5.75 Å². The van der Waals surface area contributed by atoms with Gasteiger partial charge in [0.1, 0.15) is 5.82 Å². The van der Waals surface area contributed by atoms with Gasteiger partial charge in [0, 0.05) is 19.3 Å². The number of anilines is 3. The van der Waals surface area contributed by atoms with Gasteiger partial charge in [-0.25, -0.2) is 9.78 Å². The predicted octanol–water partition coefficient (Wildman–Crippen LogP) is 5.14. The molecule has 0 spiro atoms. The van der Waals surface area contributed by atoms with Crippen molar-refractivity contribution in [1.29, 1.82) is 0 Å². The summed E-state index contributed by atoms with van der Waals surface area (Å²) in [6.07, 6.45) is -3.70. The van der Waals surface area contributed by atoms with Crippen LogP contribution in [0.15, 0.2) is 54.7 Å². The van der Waals surface area contributed by atoms with E-state index in [4.69, 9.17) is 16.3 Å². The second-order valence-corrected chi connectivity index (χ2v) is 9.38. The minimum absolute atomic E-state index is 0.0417. The highest BCUT2D eigenvalue weighted by Gasteiger charge is 2.38. The molecule has 5 amide bonds. The van der Waals surface area contributed by atoms with E-state index in [1.807, 2.05) is 0 Å². The molecule has 3 aromatic rings. The van der Waals surface area contributed by atoms with Crippen molar-refractivity contribution in [3.8, 4) is 5.75 Å². The molecule has 0 bridgehead atoms. The van der Waals surface area contributed by atoms with E-state index in [-0.39, 0.29) is 53.6 Å². The molecule has 1 aromatic heterocycles. The number of halogens is 4. The van der Waals surface area contributed by atoms with Gasteiger partial charge in [-0.1, -0.05) is 29.3 Å². The molecule has 2 aromatic carbocycles. The SMILES string of the molecule is CCNC(=O)Nc1cccc(C(=O)Nc2ccc(C)cc2C(=O)Nc2ccc(Cl)cn2)c1OCCCNC(=O)C(F)(F)F. The van der Waals surface area contributed by atoms with Crippen molar-refractivity contribution in [2.45, 2.75) is 26.4 Å². The van der Waals surface area contributed by atoms with E-state index in [1.165, 1.54) is 36.5 Å². The van der Waals surface area contributed by atoms with Gasteiger partial charge in [0.25, 0.3) is 11.8 Å². The lowest BCUT2D eigenvalue weighted by Crippen LogP contribution is -2.37. The fourth-order valence-electron chi connectivity index (χ4n) is 3.62. The van der Waals surface area contributed by atoms with Crippen LogP contribution in [0.1, 0.15) is 39.6 Å². The molecule has 228 valence electrons. The largest absolute Gasteiger partial charge is 0.490 e. The normalized spacial score (nSPS) is 10.8. The first-order valence-electron chi connectivity index (χ1n) is 12.9. The standard InChI is InChI=1S/C28H28ClF3N6O5/c1-3-33-27(42)37-21-7-4-6-18(23(21)43-13-5-12-34-26(41)28(30,31)32)24(39)36-20-10-8-16(2)14-19(20)25(40)38-22-11-9-17(29)15-35-22/h4,6-11,14-15H,3,5,12-13H2,1-2H3,(H,34,41)(H,36,39)(H2,33,37,42)(H,35,38,40). The third-order valence-electron chi connectivity index (χ3n) is 5.59. The van der Waals surface area contributed by atoms with E-state index >= 15 is 0 Å². The number of carbonyl (C=O) groups is 4. The Labute approximate surface area is 249 Å². The highest BCUT2D eigenvalue weighted by molar-refractivity contribution is 6.30. The summed E-state index contributed by atoms with van der Waals surface area (Å²) in [7, 11) is 0. The number of alkyl halides is 3. The molecular weight excluding hydrogens is 593 g/mol. The molecule has 0 saturated heterocycles. The quantitative estimate of drug-likeness (QED) is 0.187. The summed E-state index contributed by atoms with van der Waals surface area (Å²) in [5, 5.41) is 12.5. The van der Waals surface area contributed by atoms with Crippen LogP contribution < -0.4 is 31.3 Å². The van der Waals surface area contributed by atoms with Crippen molar-refractivity contribution in [3.05, 3.63) is 76.4 Å². The Morgan fingerprint density at radius 2 is 1.65 bits per heavy atom. The number of amides is 5. The molecule has 0 saturated carbocycles. The minimum atomic E-state index is -5.02. The zero-order valence-electron chi connectivity index (χ0n) is 23.0. The maximum absolute atomic E-state index is 13.5. The van der Waals surface area contributed by atoms with Gasteiger partial charge in [-0.2, -0.15) is 13.2 Å². The van der Waals surface area contributed by atoms with Crippen molar-refractivity contribution in [2.75, 3.05) is 35.6 Å². The van der Waals surface area contributed by atoms with Crippen molar-refractivity contribution in [1.82, 2.24) is 15.6 Å². The Balaban J connectivity index is 1.83. The molecule has 0 radical (unpaired) electrons. The molecular formula is C28H28ClF3N6O5. The topological polar surface area (TPSA) is 151 Å². The first-order chi connectivity index (χ1) is 20.4. The van der Waals surface area contributed by atoms with Gasteiger partial charge in [0.2, 0.25) is 0 Å². The average Bonchev–Trinajstić information content (AvgIpc) is 2.95. The molecule has 43 heavy (non-hydrogen) atoms. The highest BCUT2D eigenvalue weighted by Crippen LogP contribution is 2.31. The van der Waals surface area contributed by atoms with Gasteiger partial charge < -0.3 is 31.3 Å². The second-order valence-electron chi connectivity index (χ2n) is 8.94. The van der Waals surface area contributed by atoms with Crippen LogP contribution in [0.25, 0.3) is 0 Å². The van der Waals surface area contributed by atoms with Crippen LogP contribution in [-0.2, 0) is 4.79 Å². The average molecular weight is 621 g/mol. The molecule has 0 unspecified atom stereocenters. The van der Waals surface area contributed by atoms with E-state index in [2.05, 4.69) is 26.3 Å². The zero-order valence-corrected chi connectivity index (χ0v) is 23.8. The van der Waals surface area contributed by atoms with Gasteiger partial charge in [-0.05, 0) is 56.7 Å². The minimum Gasteiger partial charge on any atom is -0.490 e. The summed E-state index contributed by atoms with van der Waals surface area (Å²) in [5.74, 6) is -3.19. The lowest BCUT2D eigenvalue weighted by Gasteiger charge is -2.18. The second kappa shape index (κ2) is 14.9. The van der Waals surface area contributed by atoms with E-state index in [9.17, 15) is 32.3 Å². The van der Waals surface area contributed by atoms with E-state index in [0.717, 1.165) is 5.56 Å². The number of nitrogens with zero attached hydrogens (tertiary/aromatic N) is 1. The van der Waals surface area contributed by atoms with Gasteiger partial charge in [-0.15, -0.1) is 0 Å². The Morgan fingerprint density at radius 1 is 0.907 bits per heavy atom. The Bertz CT molecular complexity index is 1480. The van der Waals surface area contributed by atoms with Crippen LogP contribution in [-0.4, -0.2) is 54.6 Å². The Kier molecular flexibility index (Phi) is 11.3. The number of aromatic nitrogens is 1. The zero-order chi connectivity index (χ0) is 31.6. The monoisotopic (exact) mass is 620 g/mol.